The minimum atomic E-state index is -0.231. The lowest BCUT2D eigenvalue weighted by Crippen LogP contribution is -2.27. The summed E-state index contributed by atoms with van der Waals surface area (Å²) in [5, 5.41) is 4.61. The van der Waals surface area contributed by atoms with E-state index in [0.717, 1.165) is 22.6 Å². The van der Waals surface area contributed by atoms with E-state index >= 15 is 0 Å². The Labute approximate surface area is 163 Å². The summed E-state index contributed by atoms with van der Waals surface area (Å²) in [6.45, 7) is 4.59. The fraction of sp³-hybridized carbons (Fsp3) is 0.300. The minimum Gasteiger partial charge on any atom is -0.485 e. The highest BCUT2D eigenvalue weighted by Gasteiger charge is 2.19. The standard InChI is InChI=1S/C20H22ClN3O3/c1-13-6-5-7-14(2)19(13)26-12-15-8-9-18(27-15)20(25)23(3)11-17-16(21)10-22-24(17)4/h5-10H,11-12H2,1-4H3. The van der Waals surface area contributed by atoms with E-state index in [-0.39, 0.29) is 18.3 Å². The molecule has 3 aromatic rings. The lowest BCUT2D eigenvalue weighted by atomic mass is 10.1. The number of halogens is 1. The highest BCUT2D eigenvalue weighted by atomic mass is 35.5. The number of carbonyl (C=O) groups excluding carboxylic acids is 1. The first-order valence-electron chi connectivity index (χ1n) is 8.56. The molecule has 0 saturated heterocycles. The first-order chi connectivity index (χ1) is 12.9. The molecule has 2 aromatic heterocycles. The van der Waals surface area contributed by atoms with Gasteiger partial charge in [0.2, 0.25) is 0 Å². The number of amides is 1. The average molecular weight is 388 g/mol. The predicted molar refractivity (Wildman–Crippen MR) is 103 cm³/mol. The largest absolute Gasteiger partial charge is 0.485 e. The number of rotatable bonds is 6. The van der Waals surface area contributed by atoms with Gasteiger partial charge in [-0.05, 0) is 37.1 Å². The maximum Gasteiger partial charge on any atom is 0.289 e. The molecule has 1 aromatic carbocycles. The summed E-state index contributed by atoms with van der Waals surface area (Å²) < 4.78 is 13.2. The van der Waals surface area contributed by atoms with E-state index < -0.39 is 0 Å². The summed E-state index contributed by atoms with van der Waals surface area (Å²) in [4.78, 5) is 14.1. The number of hydrogen-bond acceptors (Lipinski definition) is 4. The second-order valence-electron chi connectivity index (χ2n) is 6.50. The average Bonchev–Trinajstić information content (AvgIpc) is 3.22. The van der Waals surface area contributed by atoms with Crippen molar-refractivity contribution in [2.24, 2.45) is 7.05 Å². The first kappa shape index (κ1) is 19.0. The number of hydrogen-bond donors (Lipinski definition) is 0. The highest BCUT2D eigenvalue weighted by Crippen LogP contribution is 2.24. The summed E-state index contributed by atoms with van der Waals surface area (Å²) in [6, 6.07) is 9.40. The molecule has 2 heterocycles. The fourth-order valence-electron chi connectivity index (χ4n) is 2.84. The van der Waals surface area contributed by atoms with Crippen molar-refractivity contribution in [3.8, 4) is 5.75 Å². The second-order valence-corrected chi connectivity index (χ2v) is 6.91. The zero-order chi connectivity index (χ0) is 19.6. The summed E-state index contributed by atoms with van der Waals surface area (Å²) in [5.41, 5.74) is 2.88. The van der Waals surface area contributed by atoms with Gasteiger partial charge in [0.05, 0.1) is 23.5 Å². The van der Waals surface area contributed by atoms with E-state index in [0.29, 0.717) is 17.3 Å². The molecule has 0 bridgehead atoms. The number of para-hydroxylation sites is 1. The number of furan rings is 1. The molecule has 0 fully saturated rings. The van der Waals surface area contributed by atoms with Crippen LogP contribution in [0.2, 0.25) is 5.02 Å². The van der Waals surface area contributed by atoms with Gasteiger partial charge in [-0.3, -0.25) is 9.48 Å². The Bertz CT molecular complexity index is 922. The van der Waals surface area contributed by atoms with Crippen molar-refractivity contribution >= 4 is 17.5 Å². The van der Waals surface area contributed by atoms with Gasteiger partial charge in [-0.2, -0.15) is 5.10 Å². The molecule has 1 amide bonds. The van der Waals surface area contributed by atoms with E-state index in [9.17, 15) is 4.79 Å². The maximum absolute atomic E-state index is 12.6. The summed E-state index contributed by atoms with van der Waals surface area (Å²) in [6.07, 6.45) is 1.56. The molecule has 0 N–H and O–H groups in total. The molecule has 0 saturated carbocycles. The second kappa shape index (κ2) is 7.88. The van der Waals surface area contributed by atoms with Crippen LogP contribution < -0.4 is 4.74 Å². The number of aryl methyl sites for hydroxylation is 3. The molecule has 0 aliphatic rings. The number of ether oxygens (including phenoxy) is 1. The van der Waals surface area contributed by atoms with Gasteiger partial charge in [-0.15, -0.1) is 0 Å². The third kappa shape index (κ3) is 4.17. The molecule has 27 heavy (non-hydrogen) atoms. The number of aromatic nitrogens is 2. The Morgan fingerprint density at radius 3 is 2.59 bits per heavy atom. The van der Waals surface area contributed by atoms with Crippen LogP contribution in [0.5, 0.6) is 5.75 Å². The van der Waals surface area contributed by atoms with Crippen LogP contribution in [0.1, 0.15) is 33.1 Å². The van der Waals surface area contributed by atoms with Crippen molar-refractivity contribution in [3.05, 3.63) is 69.9 Å². The zero-order valence-corrected chi connectivity index (χ0v) is 16.6. The SMILES string of the molecule is Cc1cccc(C)c1OCc1ccc(C(=O)N(C)Cc2c(Cl)cnn2C)o1. The van der Waals surface area contributed by atoms with E-state index in [4.69, 9.17) is 20.8 Å². The molecule has 7 heteroatoms. The maximum atomic E-state index is 12.6. The van der Waals surface area contributed by atoms with Crippen LogP contribution in [0.4, 0.5) is 0 Å². The van der Waals surface area contributed by atoms with Gasteiger partial charge in [0.25, 0.3) is 5.91 Å². The smallest absolute Gasteiger partial charge is 0.289 e. The molecular formula is C20H22ClN3O3. The van der Waals surface area contributed by atoms with Crippen molar-refractivity contribution in [1.82, 2.24) is 14.7 Å². The topological polar surface area (TPSA) is 60.5 Å². The van der Waals surface area contributed by atoms with Crippen molar-refractivity contribution in [2.45, 2.75) is 27.0 Å². The number of nitrogens with zero attached hydrogens (tertiary/aromatic N) is 3. The zero-order valence-electron chi connectivity index (χ0n) is 15.8. The van der Waals surface area contributed by atoms with Gasteiger partial charge >= 0.3 is 0 Å². The van der Waals surface area contributed by atoms with E-state index in [1.807, 2.05) is 32.0 Å². The Kier molecular flexibility index (Phi) is 5.56. The Morgan fingerprint density at radius 1 is 1.26 bits per heavy atom. The van der Waals surface area contributed by atoms with Crippen LogP contribution in [0.15, 0.2) is 40.9 Å². The van der Waals surface area contributed by atoms with Gasteiger partial charge in [0.1, 0.15) is 18.1 Å². The van der Waals surface area contributed by atoms with Crippen LogP contribution in [0.3, 0.4) is 0 Å². The number of carbonyl (C=O) groups is 1. The predicted octanol–water partition coefficient (Wildman–Crippen LogP) is 4.13. The molecular weight excluding hydrogens is 366 g/mol. The van der Waals surface area contributed by atoms with Crippen molar-refractivity contribution in [2.75, 3.05) is 7.05 Å². The lowest BCUT2D eigenvalue weighted by Gasteiger charge is -2.16. The lowest BCUT2D eigenvalue weighted by molar-refractivity contribution is 0.0746. The molecule has 0 aliphatic carbocycles. The molecule has 6 nitrogen and oxygen atoms in total. The van der Waals surface area contributed by atoms with Gasteiger partial charge in [0.15, 0.2) is 5.76 Å². The Balaban J connectivity index is 1.65. The van der Waals surface area contributed by atoms with E-state index in [1.54, 1.807) is 37.1 Å². The van der Waals surface area contributed by atoms with Crippen LogP contribution >= 0.6 is 11.6 Å². The molecule has 3 rings (SSSR count). The van der Waals surface area contributed by atoms with Gasteiger partial charge in [0, 0.05) is 14.1 Å². The summed E-state index contributed by atoms with van der Waals surface area (Å²) in [5.74, 6) is 1.46. The highest BCUT2D eigenvalue weighted by molar-refractivity contribution is 6.31. The van der Waals surface area contributed by atoms with E-state index in [1.165, 1.54) is 4.90 Å². The first-order valence-corrected chi connectivity index (χ1v) is 8.94. The Morgan fingerprint density at radius 2 is 1.96 bits per heavy atom. The Hall–Kier alpha value is -2.73. The molecule has 0 radical (unpaired) electrons. The third-order valence-corrected chi connectivity index (χ3v) is 4.70. The van der Waals surface area contributed by atoms with Crippen LogP contribution in [-0.4, -0.2) is 27.6 Å². The van der Waals surface area contributed by atoms with Crippen LogP contribution in [0.25, 0.3) is 0 Å². The van der Waals surface area contributed by atoms with Crippen LogP contribution in [0, 0.1) is 13.8 Å². The van der Waals surface area contributed by atoms with Gasteiger partial charge in [-0.1, -0.05) is 29.8 Å². The summed E-state index contributed by atoms with van der Waals surface area (Å²) in [7, 11) is 3.48. The quantitative estimate of drug-likeness (QED) is 0.638. The monoisotopic (exact) mass is 387 g/mol. The minimum absolute atomic E-state index is 0.231. The fourth-order valence-corrected chi connectivity index (χ4v) is 3.06. The third-order valence-electron chi connectivity index (χ3n) is 4.38. The van der Waals surface area contributed by atoms with Crippen molar-refractivity contribution < 1.29 is 13.9 Å². The molecule has 142 valence electrons. The normalized spacial score (nSPS) is 10.9. The molecule has 0 spiro atoms. The number of benzene rings is 1. The van der Waals surface area contributed by atoms with Crippen molar-refractivity contribution in [1.29, 1.82) is 0 Å². The van der Waals surface area contributed by atoms with Crippen molar-refractivity contribution in [3.63, 3.8) is 0 Å². The molecule has 0 atom stereocenters. The molecule has 0 aliphatic heterocycles. The molecule has 0 unspecified atom stereocenters. The van der Waals surface area contributed by atoms with Gasteiger partial charge in [-0.25, -0.2) is 0 Å². The van der Waals surface area contributed by atoms with Gasteiger partial charge < -0.3 is 14.1 Å². The van der Waals surface area contributed by atoms with E-state index in [2.05, 4.69) is 5.10 Å². The summed E-state index contributed by atoms with van der Waals surface area (Å²) >= 11 is 6.11. The van der Waals surface area contributed by atoms with Crippen LogP contribution in [-0.2, 0) is 20.2 Å².